The summed E-state index contributed by atoms with van der Waals surface area (Å²) in [6, 6.07) is 3.89. The number of carbonyl (C=O) groups is 2. The van der Waals surface area contributed by atoms with E-state index in [1.54, 1.807) is 6.92 Å². The van der Waals surface area contributed by atoms with Gasteiger partial charge >= 0.3 is 18.1 Å². The van der Waals surface area contributed by atoms with Crippen molar-refractivity contribution in [3.63, 3.8) is 0 Å². The van der Waals surface area contributed by atoms with Gasteiger partial charge in [-0.15, -0.1) is 0 Å². The smallest absolute Gasteiger partial charge is 0.416 e. The molecule has 1 aromatic carbocycles. The second-order valence-corrected chi connectivity index (χ2v) is 5.68. The van der Waals surface area contributed by atoms with Crippen LogP contribution in [0.5, 0.6) is 0 Å². The molecule has 0 fully saturated rings. The molecule has 0 radical (unpaired) electrons. The highest BCUT2D eigenvalue weighted by Crippen LogP contribution is 2.42. The molecule has 1 aliphatic carbocycles. The van der Waals surface area contributed by atoms with Crippen LogP contribution in [0.2, 0.25) is 0 Å². The van der Waals surface area contributed by atoms with E-state index < -0.39 is 35.5 Å². The molecule has 0 aliphatic heterocycles. The normalized spacial score (nSPS) is 20.9. The number of hydrogen-bond acceptors (Lipinski definition) is 3. The zero-order valence-corrected chi connectivity index (χ0v) is 13.4. The van der Waals surface area contributed by atoms with Gasteiger partial charge in [-0.2, -0.15) is 13.2 Å². The van der Waals surface area contributed by atoms with E-state index in [4.69, 9.17) is 0 Å². The molecule has 2 atom stereocenters. The van der Waals surface area contributed by atoms with E-state index in [2.05, 4.69) is 5.32 Å². The van der Waals surface area contributed by atoms with Gasteiger partial charge in [-0.25, -0.2) is 4.79 Å². The van der Waals surface area contributed by atoms with Crippen LogP contribution in [0.3, 0.4) is 0 Å². The molecule has 3 N–H and O–H groups in total. The summed E-state index contributed by atoms with van der Waals surface area (Å²) >= 11 is 0. The fourth-order valence-corrected chi connectivity index (χ4v) is 3.02. The Morgan fingerprint density at radius 2 is 1.68 bits per heavy atom. The highest BCUT2D eigenvalue weighted by molar-refractivity contribution is 5.93. The van der Waals surface area contributed by atoms with Gasteiger partial charge in [-0.1, -0.05) is 17.7 Å². The van der Waals surface area contributed by atoms with Crippen LogP contribution >= 0.6 is 0 Å². The van der Waals surface area contributed by atoms with Crippen LogP contribution in [0.1, 0.15) is 24.0 Å². The van der Waals surface area contributed by atoms with Crippen molar-refractivity contribution < 1.29 is 33.0 Å². The average Bonchev–Trinajstić information content (AvgIpc) is 2.52. The van der Waals surface area contributed by atoms with Crippen LogP contribution in [0.15, 0.2) is 47.2 Å². The molecule has 25 heavy (non-hydrogen) atoms. The Morgan fingerprint density at radius 3 is 2.08 bits per heavy atom. The Hall–Kier alpha value is -2.77. The number of nitrogens with one attached hydrogen (secondary N) is 1. The van der Waals surface area contributed by atoms with Crippen LogP contribution in [0.25, 0.3) is 0 Å². The Labute approximate surface area is 141 Å². The molecule has 0 aromatic heterocycles. The number of carboxylic acids is 2. The molecule has 0 bridgehead atoms. The molecular weight excluding hydrogens is 339 g/mol. The van der Waals surface area contributed by atoms with Crippen molar-refractivity contribution >= 4 is 11.9 Å². The molecule has 134 valence electrons. The summed E-state index contributed by atoms with van der Waals surface area (Å²) in [5.41, 5.74) is -0.252. The van der Waals surface area contributed by atoms with E-state index in [-0.39, 0.29) is 16.8 Å². The second-order valence-electron chi connectivity index (χ2n) is 5.68. The Kier molecular flexibility index (Phi) is 4.92. The van der Waals surface area contributed by atoms with Gasteiger partial charge in [0, 0.05) is 18.7 Å². The first-order valence-electron chi connectivity index (χ1n) is 7.31. The minimum Gasteiger partial charge on any atom is -0.481 e. The molecule has 0 heterocycles. The van der Waals surface area contributed by atoms with Crippen LogP contribution in [-0.4, -0.2) is 29.2 Å². The van der Waals surface area contributed by atoms with Crippen LogP contribution in [-0.2, 0) is 15.8 Å². The predicted octanol–water partition coefficient (Wildman–Crippen LogP) is 3.01. The van der Waals surface area contributed by atoms with Gasteiger partial charge in [0.1, 0.15) is 0 Å². The standard InChI is InChI=1S/C17H16F3NO4/c1-8-7-11(21-2)14(16(24)25)13(12(8)15(22)23)9-3-5-10(6-4-9)17(18,19)20/h3-7,12-13,21H,1-2H3,(H,22,23)(H,24,25). The third-order valence-corrected chi connectivity index (χ3v) is 4.16. The summed E-state index contributed by atoms with van der Waals surface area (Å²) < 4.78 is 38.2. The number of rotatable bonds is 4. The maximum absolute atomic E-state index is 12.7. The third-order valence-electron chi connectivity index (χ3n) is 4.16. The lowest BCUT2D eigenvalue weighted by molar-refractivity contribution is -0.141. The predicted molar refractivity (Wildman–Crippen MR) is 82.8 cm³/mol. The zero-order valence-electron chi connectivity index (χ0n) is 13.4. The molecule has 0 saturated carbocycles. The summed E-state index contributed by atoms with van der Waals surface area (Å²) in [4.78, 5) is 23.4. The number of likely N-dealkylation sites (N-methyl/N-ethyl adjacent to an activating group) is 1. The Bertz CT molecular complexity index is 763. The van der Waals surface area contributed by atoms with Crippen molar-refractivity contribution in [1.29, 1.82) is 0 Å². The van der Waals surface area contributed by atoms with Crippen molar-refractivity contribution in [3.05, 3.63) is 58.3 Å². The largest absolute Gasteiger partial charge is 0.481 e. The van der Waals surface area contributed by atoms with Gasteiger partial charge in [0.2, 0.25) is 0 Å². The van der Waals surface area contributed by atoms with E-state index in [0.29, 0.717) is 5.57 Å². The first kappa shape index (κ1) is 18.6. The average molecular weight is 355 g/mol. The van der Waals surface area contributed by atoms with Gasteiger partial charge in [0.25, 0.3) is 0 Å². The van der Waals surface area contributed by atoms with E-state index >= 15 is 0 Å². The summed E-state index contributed by atoms with van der Waals surface area (Å²) in [5, 5.41) is 21.8. The number of alkyl halides is 3. The van der Waals surface area contributed by atoms with Crippen molar-refractivity contribution in [3.8, 4) is 0 Å². The maximum atomic E-state index is 12.7. The van der Waals surface area contributed by atoms with E-state index in [9.17, 15) is 33.0 Å². The van der Waals surface area contributed by atoms with E-state index in [1.807, 2.05) is 0 Å². The summed E-state index contributed by atoms with van der Waals surface area (Å²) in [5.74, 6) is -4.86. The van der Waals surface area contributed by atoms with Crippen molar-refractivity contribution in [2.75, 3.05) is 7.05 Å². The Morgan fingerprint density at radius 1 is 1.12 bits per heavy atom. The molecule has 0 saturated heterocycles. The quantitative estimate of drug-likeness (QED) is 0.773. The molecule has 0 amide bonds. The molecule has 2 rings (SSSR count). The first-order valence-corrected chi connectivity index (χ1v) is 7.31. The lowest BCUT2D eigenvalue weighted by Crippen LogP contribution is -2.33. The summed E-state index contributed by atoms with van der Waals surface area (Å²) in [7, 11) is 1.49. The lowest BCUT2D eigenvalue weighted by atomic mass is 9.73. The molecule has 0 spiro atoms. The van der Waals surface area contributed by atoms with Gasteiger partial charge in [-0.05, 0) is 30.7 Å². The number of aliphatic carboxylic acids is 2. The monoisotopic (exact) mass is 355 g/mol. The van der Waals surface area contributed by atoms with Gasteiger partial charge in [-0.3, -0.25) is 4.79 Å². The number of benzene rings is 1. The Balaban J connectivity index is 2.63. The van der Waals surface area contributed by atoms with Crippen LogP contribution in [0, 0.1) is 5.92 Å². The van der Waals surface area contributed by atoms with Gasteiger partial charge < -0.3 is 15.5 Å². The molecule has 1 aliphatic rings. The highest BCUT2D eigenvalue weighted by Gasteiger charge is 2.41. The van der Waals surface area contributed by atoms with Gasteiger partial charge in [0.05, 0.1) is 17.1 Å². The third kappa shape index (κ3) is 3.52. The topological polar surface area (TPSA) is 86.6 Å². The van der Waals surface area contributed by atoms with E-state index in [0.717, 1.165) is 24.3 Å². The number of hydrogen-bond donors (Lipinski definition) is 3. The van der Waals surface area contributed by atoms with Crippen LogP contribution in [0.4, 0.5) is 13.2 Å². The molecular formula is C17H16F3NO4. The van der Waals surface area contributed by atoms with Gasteiger partial charge in [0.15, 0.2) is 0 Å². The van der Waals surface area contributed by atoms with E-state index in [1.165, 1.54) is 13.1 Å². The van der Waals surface area contributed by atoms with Crippen LogP contribution < -0.4 is 5.32 Å². The minimum atomic E-state index is -4.53. The fourth-order valence-electron chi connectivity index (χ4n) is 3.02. The zero-order chi connectivity index (χ0) is 18.9. The molecule has 2 unspecified atom stereocenters. The maximum Gasteiger partial charge on any atom is 0.416 e. The number of allylic oxidation sites excluding steroid dienone is 1. The van der Waals surface area contributed by atoms with Crippen molar-refractivity contribution in [1.82, 2.24) is 5.32 Å². The van der Waals surface area contributed by atoms with Crippen molar-refractivity contribution in [2.24, 2.45) is 5.92 Å². The molecule has 8 heteroatoms. The molecule has 5 nitrogen and oxygen atoms in total. The number of carboxylic acid groups (broad SMARTS) is 2. The molecule has 1 aromatic rings. The SMILES string of the molecule is CNC1=C(C(=O)O)C(c2ccc(C(F)(F)F)cc2)C(C(=O)O)C(C)=C1. The van der Waals surface area contributed by atoms with Crippen molar-refractivity contribution in [2.45, 2.75) is 19.0 Å². The summed E-state index contributed by atoms with van der Waals surface area (Å²) in [6.07, 6.45) is -3.10. The summed E-state index contributed by atoms with van der Waals surface area (Å²) in [6.45, 7) is 1.55. The minimum absolute atomic E-state index is 0.193. The highest BCUT2D eigenvalue weighted by atomic mass is 19.4. The first-order chi connectivity index (χ1) is 11.6. The fraction of sp³-hybridized carbons (Fsp3) is 0.294. The lowest BCUT2D eigenvalue weighted by Gasteiger charge is -2.31. The second kappa shape index (κ2) is 6.62. The number of halogens is 3.